The molecule has 3 aromatic rings. The predicted octanol–water partition coefficient (Wildman–Crippen LogP) is 2.00. The number of hydrogen-bond acceptors (Lipinski definition) is 7. The summed E-state index contributed by atoms with van der Waals surface area (Å²) in [4.78, 5) is 28.1. The predicted molar refractivity (Wildman–Crippen MR) is 108 cm³/mol. The number of ether oxygens (including phenoxy) is 1. The average Bonchev–Trinajstić information content (AvgIpc) is 2.74. The maximum absolute atomic E-state index is 12.7. The van der Waals surface area contributed by atoms with Crippen molar-refractivity contribution in [3.63, 3.8) is 0 Å². The number of fused-ring (bicyclic) bond motifs is 1. The zero-order chi connectivity index (χ0) is 19.5. The van der Waals surface area contributed by atoms with Gasteiger partial charge < -0.3 is 20.3 Å². The van der Waals surface area contributed by atoms with Crippen LogP contribution in [-0.4, -0.2) is 54.1 Å². The molecule has 3 heterocycles. The minimum atomic E-state index is -0.323. The first kappa shape index (κ1) is 18.1. The van der Waals surface area contributed by atoms with Gasteiger partial charge in [0.05, 0.1) is 30.7 Å². The van der Waals surface area contributed by atoms with Crippen LogP contribution in [0.15, 0.2) is 36.7 Å². The molecule has 1 aromatic carbocycles. The van der Waals surface area contributed by atoms with E-state index in [4.69, 9.17) is 4.74 Å². The Morgan fingerprint density at radius 1 is 1.18 bits per heavy atom. The molecule has 0 aliphatic carbocycles. The number of aryl methyl sites for hydroxylation is 1. The number of anilines is 2. The molecule has 4 rings (SSSR count). The van der Waals surface area contributed by atoms with Gasteiger partial charge in [0, 0.05) is 37.6 Å². The van der Waals surface area contributed by atoms with Gasteiger partial charge in [-0.25, -0.2) is 15.0 Å². The van der Waals surface area contributed by atoms with Crippen molar-refractivity contribution in [2.24, 2.45) is 0 Å². The monoisotopic (exact) mass is 378 g/mol. The molecule has 1 fully saturated rings. The van der Waals surface area contributed by atoms with Gasteiger partial charge in [-0.1, -0.05) is 0 Å². The highest BCUT2D eigenvalue weighted by Gasteiger charge is 2.15. The van der Waals surface area contributed by atoms with Gasteiger partial charge in [0.2, 0.25) is 5.88 Å². The van der Waals surface area contributed by atoms with Crippen molar-refractivity contribution in [1.82, 2.24) is 20.3 Å². The standard InChI is InChI=1S/C20H22N6O2/c1-13-9-14-3-4-18(28-2)25-19(14)15(10-13)24-20(27)16-11-23-17(12-22-16)26-7-5-21-6-8-26/h3-4,9-12,21H,5-8H2,1-2H3,(H,24,27). The van der Waals surface area contributed by atoms with E-state index in [1.165, 1.54) is 6.20 Å². The van der Waals surface area contributed by atoms with Crippen LogP contribution in [0.5, 0.6) is 5.88 Å². The van der Waals surface area contributed by atoms with E-state index < -0.39 is 0 Å². The van der Waals surface area contributed by atoms with E-state index in [1.54, 1.807) is 19.4 Å². The van der Waals surface area contributed by atoms with Crippen LogP contribution in [-0.2, 0) is 0 Å². The number of carbonyl (C=O) groups is 1. The largest absolute Gasteiger partial charge is 0.481 e. The lowest BCUT2D eigenvalue weighted by Crippen LogP contribution is -2.44. The molecule has 2 aromatic heterocycles. The van der Waals surface area contributed by atoms with E-state index in [9.17, 15) is 4.79 Å². The Hall–Kier alpha value is -3.26. The average molecular weight is 378 g/mol. The lowest BCUT2D eigenvalue weighted by atomic mass is 10.1. The van der Waals surface area contributed by atoms with Crippen LogP contribution in [0.1, 0.15) is 16.1 Å². The van der Waals surface area contributed by atoms with Crippen LogP contribution in [0.2, 0.25) is 0 Å². The van der Waals surface area contributed by atoms with Crippen molar-refractivity contribution < 1.29 is 9.53 Å². The first-order valence-corrected chi connectivity index (χ1v) is 9.18. The van der Waals surface area contributed by atoms with Crippen LogP contribution >= 0.6 is 0 Å². The highest BCUT2D eigenvalue weighted by Crippen LogP contribution is 2.26. The SMILES string of the molecule is COc1ccc2cc(C)cc(NC(=O)c3cnc(N4CCNCC4)cn3)c2n1. The number of amides is 1. The minimum absolute atomic E-state index is 0.261. The van der Waals surface area contributed by atoms with E-state index in [1.807, 2.05) is 25.1 Å². The number of hydrogen-bond donors (Lipinski definition) is 2. The van der Waals surface area contributed by atoms with E-state index in [0.717, 1.165) is 42.9 Å². The molecule has 8 heteroatoms. The highest BCUT2D eigenvalue weighted by molar-refractivity contribution is 6.07. The number of pyridine rings is 1. The van der Waals surface area contributed by atoms with Crippen molar-refractivity contribution in [2.75, 3.05) is 43.5 Å². The first-order chi connectivity index (χ1) is 13.6. The number of aromatic nitrogens is 3. The van der Waals surface area contributed by atoms with Crippen molar-refractivity contribution in [2.45, 2.75) is 6.92 Å². The molecule has 0 spiro atoms. The number of piperazine rings is 1. The summed E-state index contributed by atoms with van der Waals surface area (Å²) >= 11 is 0. The summed E-state index contributed by atoms with van der Waals surface area (Å²) in [5.74, 6) is 0.952. The fourth-order valence-corrected chi connectivity index (χ4v) is 3.26. The lowest BCUT2D eigenvalue weighted by molar-refractivity contribution is 0.102. The van der Waals surface area contributed by atoms with Gasteiger partial charge in [-0.15, -0.1) is 0 Å². The number of benzene rings is 1. The molecular weight excluding hydrogens is 356 g/mol. The molecule has 2 N–H and O–H groups in total. The molecule has 1 amide bonds. The molecule has 8 nitrogen and oxygen atoms in total. The van der Waals surface area contributed by atoms with Gasteiger partial charge in [-0.05, 0) is 30.7 Å². The van der Waals surface area contributed by atoms with Gasteiger partial charge in [-0.2, -0.15) is 0 Å². The van der Waals surface area contributed by atoms with E-state index >= 15 is 0 Å². The van der Waals surface area contributed by atoms with Crippen LogP contribution in [0, 0.1) is 6.92 Å². The summed E-state index contributed by atoms with van der Waals surface area (Å²) in [6.45, 7) is 5.56. The molecule has 28 heavy (non-hydrogen) atoms. The van der Waals surface area contributed by atoms with Crippen molar-refractivity contribution in [3.05, 3.63) is 47.9 Å². The van der Waals surface area contributed by atoms with Crippen molar-refractivity contribution in [3.8, 4) is 5.88 Å². The molecule has 0 radical (unpaired) electrons. The zero-order valence-corrected chi connectivity index (χ0v) is 15.9. The maximum atomic E-state index is 12.7. The molecule has 0 bridgehead atoms. The summed E-state index contributed by atoms with van der Waals surface area (Å²) in [5.41, 5.74) is 2.57. The second-order valence-corrected chi connectivity index (χ2v) is 6.69. The molecule has 144 valence electrons. The quantitative estimate of drug-likeness (QED) is 0.717. The summed E-state index contributed by atoms with van der Waals surface area (Å²) in [6.07, 6.45) is 3.16. The fourth-order valence-electron chi connectivity index (χ4n) is 3.26. The smallest absolute Gasteiger partial charge is 0.275 e. The van der Waals surface area contributed by atoms with E-state index in [-0.39, 0.29) is 11.6 Å². The summed E-state index contributed by atoms with van der Waals surface area (Å²) in [6, 6.07) is 7.62. The summed E-state index contributed by atoms with van der Waals surface area (Å²) < 4.78 is 5.21. The Labute approximate surface area is 163 Å². The Balaban J connectivity index is 1.57. The summed E-state index contributed by atoms with van der Waals surface area (Å²) in [7, 11) is 1.57. The molecule has 1 aliphatic heterocycles. The Morgan fingerprint density at radius 2 is 2.00 bits per heavy atom. The van der Waals surface area contributed by atoms with Gasteiger partial charge >= 0.3 is 0 Å². The van der Waals surface area contributed by atoms with Crippen LogP contribution in [0.25, 0.3) is 10.9 Å². The second-order valence-electron chi connectivity index (χ2n) is 6.69. The van der Waals surface area contributed by atoms with Gasteiger partial charge in [0.1, 0.15) is 11.5 Å². The van der Waals surface area contributed by atoms with E-state index in [0.29, 0.717) is 17.1 Å². The molecule has 0 atom stereocenters. The van der Waals surface area contributed by atoms with Gasteiger partial charge in [-0.3, -0.25) is 4.79 Å². The molecule has 1 aliphatic rings. The third-order valence-corrected chi connectivity index (χ3v) is 4.68. The third kappa shape index (κ3) is 3.72. The third-order valence-electron chi connectivity index (χ3n) is 4.68. The van der Waals surface area contributed by atoms with Crippen LogP contribution in [0.4, 0.5) is 11.5 Å². The lowest BCUT2D eigenvalue weighted by Gasteiger charge is -2.27. The Bertz CT molecular complexity index is 999. The number of nitrogens with zero attached hydrogens (tertiary/aromatic N) is 4. The van der Waals surface area contributed by atoms with Gasteiger partial charge in [0.25, 0.3) is 5.91 Å². The Kier molecular flexibility index (Phi) is 5.03. The molecule has 0 unspecified atom stereocenters. The first-order valence-electron chi connectivity index (χ1n) is 9.18. The van der Waals surface area contributed by atoms with Crippen LogP contribution < -0.4 is 20.3 Å². The fraction of sp³-hybridized carbons (Fsp3) is 0.300. The molecular formula is C20H22N6O2. The molecule has 1 saturated heterocycles. The second kappa shape index (κ2) is 7.77. The number of methoxy groups -OCH3 is 1. The number of nitrogens with one attached hydrogen (secondary N) is 2. The highest BCUT2D eigenvalue weighted by atomic mass is 16.5. The number of carbonyl (C=O) groups excluding carboxylic acids is 1. The topological polar surface area (TPSA) is 92.3 Å². The van der Waals surface area contributed by atoms with Gasteiger partial charge in [0.15, 0.2) is 0 Å². The Morgan fingerprint density at radius 3 is 2.71 bits per heavy atom. The maximum Gasteiger partial charge on any atom is 0.275 e. The zero-order valence-electron chi connectivity index (χ0n) is 15.9. The minimum Gasteiger partial charge on any atom is -0.481 e. The molecule has 0 saturated carbocycles. The number of rotatable bonds is 4. The van der Waals surface area contributed by atoms with Crippen molar-refractivity contribution in [1.29, 1.82) is 0 Å². The van der Waals surface area contributed by atoms with Crippen LogP contribution in [0.3, 0.4) is 0 Å². The van der Waals surface area contributed by atoms with Crippen molar-refractivity contribution >= 4 is 28.3 Å². The summed E-state index contributed by atoms with van der Waals surface area (Å²) in [5, 5.41) is 7.14. The normalized spacial score (nSPS) is 14.1. The van der Waals surface area contributed by atoms with E-state index in [2.05, 4.69) is 30.5 Å².